The molecule has 2 aliphatic carbocycles. The van der Waals surface area contributed by atoms with Gasteiger partial charge in [0.2, 0.25) is 0 Å². The van der Waals surface area contributed by atoms with E-state index in [1.807, 2.05) is 7.05 Å². The van der Waals surface area contributed by atoms with Crippen molar-refractivity contribution < 1.29 is 13.2 Å². The Morgan fingerprint density at radius 3 is 2.41 bits per heavy atom. The number of hydrogen-bond donors (Lipinski definition) is 1. The first-order chi connectivity index (χ1) is 7.89. The molecule has 2 fully saturated rings. The fourth-order valence-electron chi connectivity index (χ4n) is 3.12. The van der Waals surface area contributed by atoms with Crippen LogP contribution in [0.5, 0.6) is 0 Å². The van der Waals surface area contributed by atoms with E-state index in [9.17, 15) is 13.2 Å². The quantitative estimate of drug-likeness (QED) is 0.834. The lowest BCUT2D eigenvalue weighted by Crippen LogP contribution is -2.56. The molecule has 2 aliphatic rings. The monoisotopic (exact) mass is 250 g/mol. The van der Waals surface area contributed by atoms with Gasteiger partial charge in [0.15, 0.2) is 0 Å². The molecule has 2 rings (SSSR count). The molecule has 0 saturated heterocycles. The molecule has 0 spiro atoms. The van der Waals surface area contributed by atoms with E-state index in [0.717, 1.165) is 19.3 Å². The van der Waals surface area contributed by atoms with E-state index >= 15 is 0 Å². The van der Waals surface area contributed by atoms with E-state index < -0.39 is 17.6 Å². The number of alkyl halides is 3. The molecule has 0 amide bonds. The van der Waals surface area contributed by atoms with Gasteiger partial charge in [-0.3, -0.25) is 4.90 Å². The summed E-state index contributed by atoms with van der Waals surface area (Å²) in [5.74, 6) is -1.17. The average Bonchev–Trinajstić information content (AvgIpc) is 3.11. The Morgan fingerprint density at radius 1 is 1.29 bits per heavy atom. The van der Waals surface area contributed by atoms with Gasteiger partial charge in [-0.25, -0.2) is 0 Å². The lowest BCUT2D eigenvalue weighted by molar-refractivity contribution is -0.193. The molecule has 0 aliphatic heterocycles. The Kier molecular flexibility index (Phi) is 3.42. The summed E-state index contributed by atoms with van der Waals surface area (Å²) in [5.41, 5.74) is 5.38. The molecule has 0 aromatic heterocycles. The summed E-state index contributed by atoms with van der Waals surface area (Å²) < 4.78 is 38.5. The standard InChI is InChI=1S/C12H21F3N2/c1-17(10-4-5-10)11(8-16)6-2-3-9(7-11)12(13,14)15/h9-10H,2-8,16H2,1H3. The summed E-state index contributed by atoms with van der Waals surface area (Å²) in [6, 6.07) is 0.463. The number of rotatable bonds is 3. The maximum absolute atomic E-state index is 12.8. The zero-order valence-corrected chi connectivity index (χ0v) is 10.3. The number of nitrogens with two attached hydrogens (primary N) is 1. The predicted octanol–water partition coefficient (Wildman–Crippen LogP) is 2.53. The second kappa shape index (κ2) is 4.43. The van der Waals surface area contributed by atoms with E-state index in [1.165, 1.54) is 0 Å². The molecule has 5 heteroatoms. The Hall–Kier alpha value is -0.290. The highest BCUT2D eigenvalue weighted by Gasteiger charge is 2.50. The van der Waals surface area contributed by atoms with Crippen LogP contribution in [0.25, 0.3) is 0 Å². The molecule has 17 heavy (non-hydrogen) atoms. The topological polar surface area (TPSA) is 29.3 Å². The summed E-state index contributed by atoms with van der Waals surface area (Å²) in [4.78, 5) is 2.13. The summed E-state index contributed by atoms with van der Waals surface area (Å²) >= 11 is 0. The molecule has 2 nitrogen and oxygen atoms in total. The van der Waals surface area contributed by atoms with Crippen LogP contribution in [0.15, 0.2) is 0 Å². The average molecular weight is 250 g/mol. The predicted molar refractivity (Wildman–Crippen MR) is 60.6 cm³/mol. The smallest absolute Gasteiger partial charge is 0.329 e. The maximum Gasteiger partial charge on any atom is 0.391 e. The minimum atomic E-state index is -4.06. The van der Waals surface area contributed by atoms with Crippen LogP contribution in [-0.2, 0) is 0 Å². The first-order valence-corrected chi connectivity index (χ1v) is 6.39. The molecule has 2 atom stereocenters. The van der Waals surface area contributed by atoms with Crippen molar-refractivity contribution in [2.75, 3.05) is 13.6 Å². The number of halogens is 3. The van der Waals surface area contributed by atoms with Crippen molar-refractivity contribution in [2.45, 2.75) is 56.3 Å². The van der Waals surface area contributed by atoms with Crippen LogP contribution in [-0.4, -0.2) is 36.2 Å². The van der Waals surface area contributed by atoms with E-state index in [0.29, 0.717) is 19.0 Å². The van der Waals surface area contributed by atoms with Crippen molar-refractivity contribution >= 4 is 0 Å². The Labute approximate surface area is 100 Å². The molecule has 0 heterocycles. The zero-order chi connectivity index (χ0) is 12.7. The Morgan fingerprint density at radius 2 is 1.94 bits per heavy atom. The van der Waals surface area contributed by atoms with Crippen LogP contribution in [0.1, 0.15) is 38.5 Å². The van der Waals surface area contributed by atoms with Crippen LogP contribution in [0, 0.1) is 5.92 Å². The molecule has 2 unspecified atom stereocenters. The van der Waals surface area contributed by atoms with E-state index in [1.54, 1.807) is 0 Å². The highest BCUT2D eigenvalue weighted by atomic mass is 19.4. The van der Waals surface area contributed by atoms with E-state index in [2.05, 4.69) is 4.90 Å². The van der Waals surface area contributed by atoms with Gasteiger partial charge in [-0.15, -0.1) is 0 Å². The highest BCUT2D eigenvalue weighted by molar-refractivity contribution is 5.01. The first-order valence-electron chi connectivity index (χ1n) is 6.39. The third-order valence-corrected chi connectivity index (χ3v) is 4.51. The van der Waals surface area contributed by atoms with Crippen LogP contribution in [0.3, 0.4) is 0 Å². The molecule has 0 bridgehead atoms. The van der Waals surface area contributed by atoms with Crippen molar-refractivity contribution in [1.29, 1.82) is 0 Å². The van der Waals surface area contributed by atoms with Gasteiger partial charge in [0.05, 0.1) is 5.92 Å². The second-order valence-corrected chi connectivity index (χ2v) is 5.61. The third-order valence-electron chi connectivity index (χ3n) is 4.51. The molecule has 100 valence electrons. The van der Waals surface area contributed by atoms with Gasteiger partial charge in [0, 0.05) is 18.1 Å². The van der Waals surface area contributed by atoms with Gasteiger partial charge in [0.1, 0.15) is 0 Å². The minimum absolute atomic E-state index is 0.181. The molecule has 0 radical (unpaired) electrons. The SMILES string of the molecule is CN(C1CC1)C1(CN)CCCC(C(F)(F)F)C1. The number of hydrogen-bond acceptors (Lipinski definition) is 2. The minimum Gasteiger partial charge on any atom is -0.329 e. The van der Waals surface area contributed by atoms with Gasteiger partial charge in [0.25, 0.3) is 0 Å². The second-order valence-electron chi connectivity index (χ2n) is 5.61. The molecule has 0 aromatic rings. The van der Waals surface area contributed by atoms with E-state index in [4.69, 9.17) is 5.73 Å². The van der Waals surface area contributed by atoms with Crippen LogP contribution in [0.4, 0.5) is 13.2 Å². The van der Waals surface area contributed by atoms with Gasteiger partial charge >= 0.3 is 6.18 Å². The van der Waals surface area contributed by atoms with Gasteiger partial charge in [-0.05, 0) is 39.2 Å². The zero-order valence-electron chi connectivity index (χ0n) is 10.3. The van der Waals surface area contributed by atoms with Gasteiger partial charge < -0.3 is 5.73 Å². The van der Waals surface area contributed by atoms with Crippen LogP contribution in [0.2, 0.25) is 0 Å². The summed E-state index contributed by atoms with van der Waals surface area (Å²) in [5, 5.41) is 0. The summed E-state index contributed by atoms with van der Waals surface area (Å²) in [6.45, 7) is 0.340. The lowest BCUT2D eigenvalue weighted by Gasteiger charge is -2.47. The van der Waals surface area contributed by atoms with Crippen molar-refractivity contribution in [1.82, 2.24) is 4.90 Å². The number of nitrogens with zero attached hydrogens (tertiary/aromatic N) is 1. The largest absolute Gasteiger partial charge is 0.391 e. The molecule has 0 aromatic carbocycles. The van der Waals surface area contributed by atoms with Gasteiger partial charge in [-0.1, -0.05) is 6.42 Å². The molecular formula is C12H21F3N2. The van der Waals surface area contributed by atoms with Gasteiger partial charge in [-0.2, -0.15) is 13.2 Å². The van der Waals surface area contributed by atoms with Crippen molar-refractivity contribution in [2.24, 2.45) is 11.7 Å². The van der Waals surface area contributed by atoms with Crippen molar-refractivity contribution in [3.05, 3.63) is 0 Å². The fraction of sp³-hybridized carbons (Fsp3) is 1.00. The summed E-state index contributed by atoms with van der Waals surface area (Å²) in [7, 11) is 1.95. The Bertz CT molecular complexity index is 275. The number of likely N-dealkylation sites (N-methyl/N-ethyl adjacent to an activating group) is 1. The normalized spacial score (nSPS) is 35.3. The third kappa shape index (κ3) is 2.60. The molecular weight excluding hydrogens is 229 g/mol. The highest BCUT2D eigenvalue weighted by Crippen LogP contribution is 2.46. The van der Waals surface area contributed by atoms with Crippen molar-refractivity contribution in [3.63, 3.8) is 0 Å². The first kappa shape index (κ1) is 13.1. The molecule has 2 N–H and O–H groups in total. The lowest BCUT2D eigenvalue weighted by atomic mass is 9.74. The summed E-state index contributed by atoms with van der Waals surface area (Å²) in [6.07, 6.45) is 0.0420. The van der Waals surface area contributed by atoms with Crippen LogP contribution < -0.4 is 5.73 Å². The fourth-order valence-corrected chi connectivity index (χ4v) is 3.12. The van der Waals surface area contributed by atoms with Crippen LogP contribution >= 0.6 is 0 Å². The Balaban J connectivity index is 2.11. The van der Waals surface area contributed by atoms with E-state index in [-0.39, 0.29) is 12.8 Å². The molecule has 2 saturated carbocycles. The maximum atomic E-state index is 12.8. The van der Waals surface area contributed by atoms with Crippen molar-refractivity contribution in [3.8, 4) is 0 Å².